The molecule has 2 nitrogen and oxygen atoms in total. The first kappa shape index (κ1) is 13.4. The van der Waals surface area contributed by atoms with Crippen molar-refractivity contribution < 1.29 is 4.74 Å². The highest BCUT2D eigenvalue weighted by Gasteiger charge is 2.16. The van der Waals surface area contributed by atoms with Crippen LogP contribution in [0.15, 0.2) is 23.6 Å². The summed E-state index contributed by atoms with van der Waals surface area (Å²) in [5, 5.41) is 2.81. The molecule has 96 valence electrons. The summed E-state index contributed by atoms with van der Waals surface area (Å²) in [6.45, 7) is 4.00. The second-order valence-electron chi connectivity index (χ2n) is 4.30. The Morgan fingerprint density at radius 3 is 2.50 bits per heavy atom. The van der Waals surface area contributed by atoms with Crippen LogP contribution in [0, 0.1) is 13.8 Å². The minimum Gasteiger partial charge on any atom is -0.496 e. The van der Waals surface area contributed by atoms with Crippen molar-refractivity contribution in [3.8, 4) is 5.75 Å². The van der Waals surface area contributed by atoms with Crippen molar-refractivity contribution >= 4 is 22.9 Å². The first-order valence-corrected chi connectivity index (χ1v) is 6.94. The van der Waals surface area contributed by atoms with Gasteiger partial charge in [0.2, 0.25) is 0 Å². The third-order valence-corrected chi connectivity index (χ3v) is 4.78. The van der Waals surface area contributed by atoms with Gasteiger partial charge < -0.3 is 10.5 Å². The molecule has 1 aromatic carbocycles. The van der Waals surface area contributed by atoms with E-state index in [0.717, 1.165) is 32.3 Å². The molecule has 0 radical (unpaired) electrons. The second kappa shape index (κ2) is 5.31. The summed E-state index contributed by atoms with van der Waals surface area (Å²) in [7, 11) is 1.67. The summed E-state index contributed by atoms with van der Waals surface area (Å²) in [5.41, 5.74) is 9.49. The van der Waals surface area contributed by atoms with E-state index in [1.165, 1.54) is 0 Å². The fourth-order valence-corrected chi connectivity index (χ4v) is 3.25. The normalized spacial score (nSPS) is 12.5. The molecule has 1 atom stereocenters. The van der Waals surface area contributed by atoms with Crippen LogP contribution >= 0.6 is 22.9 Å². The van der Waals surface area contributed by atoms with Gasteiger partial charge in [-0.25, -0.2) is 0 Å². The zero-order chi connectivity index (χ0) is 13.3. The Kier molecular flexibility index (Phi) is 3.95. The quantitative estimate of drug-likeness (QED) is 0.920. The Balaban J connectivity index is 2.37. The first-order valence-electron chi connectivity index (χ1n) is 5.68. The number of hydrogen-bond donors (Lipinski definition) is 1. The summed E-state index contributed by atoms with van der Waals surface area (Å²) in [5.74, 6) is 0.874. The molecule has 2 N–H and O–H groups in total. The van der Waals surface area contributed by atoms with E-state index in [1.807, 2.05) is 31.4 Å². The lowest BCUT2D eigenvalue weighted by Crippen LogP contribution is -2.11. The van der Waals surface area contributed by atoms with E-state index in [2.05, 4.69) is 6.07 Å². The van der Waals surface area contributed by atoms with Gasteiger partial charge in [0.1, 0.15) is 5.75 Å². The number of methoxy groups -OCH3 is 1. The Morgan fingerprint density at radius 2 is 2.00 bits per heavy atom. The molecule has 0 saturated heterocycles. The lowest BCUT2D eigenvalue weighted by Gasteiger charge is -2.13. The largest absolute Gasteiger partial charge is 0.496 e. The number of aryl methyl sites for hydroxylation is 2. The van der Waals surface area contributed by atoms with Gasteiger partial charge >= 0.3 is 0 Å². The summed E-state index contributed by atoms with van der Waals surface area (Å²) in [6, 6.07) is 5.80. The van der Waals surface area contributed by atoms with Gasteiger partial charge in [0, 0.05) is 4.88 Å². The van der Waals surface area contributed by atoms with Crippen LogP contribution in [0.4, 0.5) is 0 Å². The van der Waals surface area contributed by atoms with E-state index >= 15 is 0 Å². The van der Waals surface area contributed by atoms with Crippen molar-refractivity contribution in [1.29, 1.82) is 0 Å². The van der Waals surface area contributed by atoms with E-state index in [4.69, 9.17) is 22.1 Å². The Hall–Kier alpha value is -1.03. The fraction of sp³-hybridized carbons (Fsp3) is 0.286. The van der Waals surface area contributed by atoms with Crippen LogP contribution in [0.25, 0.3) is 0 Å². The van der Waals surface area contributed by atoms with Crippen molar-refractivity contribution in [1.82, 2.24) is 0 Å². The number of halogens is 1. The Morgan fingerprint density at radius 1 is 1.28 bits per heavy atom. The summed E-state index contributed by atoms with van der Waals surface area (Å²) in [4.78, 5) is 1.01. The van der Waals surface area contributed by atoms with Crippen molar-refractivity contribution in [3.63, 3.8) is 0 Å². The summed E-state index contributed by atoms with van der Waals surface area (Å²) >= 11 is 7.86. The number of thiophene rings is 1. The molecule has 2 rings (SSSR count). The second-order valence-corrected chi connectivity index (χ2v) is 5.59. The van der Waals surface area contributed by atoms with Gasteiger partial charge in [0.15, 0.2) is 0 Å². The molecule has 0 aliphatic carbocycles. The van der Waals surface area contributed by atoms with Crippen molar-refractivity contribution in [2.75, 3.05) is 7.11 Å². The molecule has 1 unspecified atom stereocenters. The highest BCUT2D eigenvalue weighted by molar-refractivity contribution is 7.10. The van der Waals surface area contributed by atoms with Gasteiger partial charge in [-0.1, -0.05) is 23.7 Å². The number of rotatable bonds is 3. The molecule has 0 spiro atoms. The molecule has 0 aliphatic heterocycles. The van der Waals surface area contributed by atoms with E-state index in [-0.39, 0.29) is 6.04 Å². The fourth-order valence-electron chi connectivity index (χ4n) is 1.91. The molecule has 0 fully saturated rings. The molecule has 1 heterocycles. The van der Waals surface area contributed by atoms with E-state index in [1.54, 1.807) is 18.4 Å². The zero-order valence-electron chi connectivity index (χ0n) is 10.7. The molecule has 0 bridgehead atoms. The van der Waals surface area contributed by atoms with Gasteiger partial charge in [-0.3, -0.25) is 0 Å². The summed E-state index contributed by atoms with van der Waals surface area (Å²) < 4.78 is 5.25. The third kappa shape index (κ3) is 2.39. The van der Waals surface area contributed by atoms with E-state index < -0.39 is 0 Å². The van der Waals surface area contributed by atoms with Crippen LogP contribution in [0.2, 0.25) is 5.02 Å². The minimum atomic E-state index is -0.180. The van der Waals surface area contributed by atoms with Gasteiger partial charge in [0.05, 0.1) is 18.2 Å². The van der Waals surface area contributed by atoms with Gasteiger partial charge in [-0.2, -0.15) is 0 Å². The summed E-state index contributed by atoms with van der Waals surface area (Å²) in [6.07, 6.45) is 0. The van der Waals surface area contributed by atoms with E-state index in [9.17, 15) is 0 Å². The maximum absolute atomic E-state index is 6.28. The maximum Gasteiger partial charge on any atom is 0.121 e. The highest BCUT2D eigenvalue weighted by atomic mass is 35.5. The topological polar surface area (TPSA) is 35.2 Å². The number of nitrogens with two attached hydrogens (primary N) is 1. The van der Waals surface area contributed by atoms with Crippen molar-refractivity contribution in [2.24, 2.45) is 5.73 Å². The highest BCUT2D eigenvalue weighted by Crippen LogP contribution is 2.35. The number of ether oxygens (including phenoxy) is 1. The van der Waals surface area contributed by atoms with Crippen LogP contribution in [-0.2, 0) is 0 Å². The van der Waals surface area contributed by atoms with Crippen molar-refractivity contribution in [3.05, 3.63) is 50.2 Å². The molecule has 1 aromatic heterocycles. The third-order valence-electron chi connectivity index (χ3n) is 2.99. The predicted molar refractivity (Wildman–Crippen MR) is 77.8 cm³/mol. The molecule has 2 aromatic rings. The Labute approximate surface area is 116 Å². The van der Waals surface area contributed by atoms with Crippen LogP contribution in [0.3, 0.4) is 0 Å². The monoisotopic (exact) mass is 281 g/mol. The molecular formula is C14H16ClNOS. The van der Waals surface area contributed by atoms with Gasteiger partial charge in [-0.05, 0) is 42.0 Å². The van der Waals surface area contributed by atoms with Crippen LogP contribution in [-0.4, -0.2) is 7.11 Å². The smallest absolute Gasteiger partial charge is 0.121 e. The van der Waals surface area contributed by atoms with Crippen LogP contribution < -0.4 is 10.5 Å². The number of hydrogen-bond acceptors (Lipinski definition) is 3. The predicted octanol–water partition coefficient (Wildman–Crippen LogP) is 4.08. The molecular weight excluding hydrogens is 266 g/mol. The molecule has 18 heavy (non-hydrogen) atoms. The lowest BCUT2D eigenvalue weighted by atomic mass is 10.0. The molecule has 0 saturated carbocycles. The maximum atomic E-state index is 6.28. The average molecular weight is 282 g/mol. The molecule has 0 amide bonds. The van der Waals surface area contributed by atoms with E-state index in [0.29, 0.717) is 0 Å². The number of benzene rings is 1. The standard InChI is InChI=1S/C14H16ClNOS/c1-8-6-10(4-5-11(8)17-3)13(16)14-12(15)9(2)7-18-14/h4-7,13H,16H2,1-3H3. The van der Waals surface area contributed by atoms with Gasteiger partial charge in [-0.15, -0.1) is 11.3 Å². The first-order chi connectivity index (χ1) is 8.54. The zero-order valence-corrected chi connectivity index (χ0v) is 12.2. The van der Waals surface area contributed by atoms with Crippen LogP contribution in [0.5, 0.6) is 5.75 Å². The molecule has 0 aliphatic rings. The SMILES string of the molecule is COc1ccc(C(N)c2scc(C)c2Cl)cc1C. The Bertz CT molecular complexity index is 565. The average Bonchev–Trinajstić information content (AvgIpc) is 2.69. The van der Waals surface area contributed by atoms with Gasteiger partial charge in [0.25, 0.3) is 0 Å². The minimum absolute atomic E-state index is 0.180. The van der Waals surface area contributed by atoms with Crippen LogP contribution in [0.1, 0.15) is 27.6 Å². The lowest BCUT2D eigenvalue weighted by molar-refractivity contribution is 0.411. The molecule has 4 heteroatoms. The van der Waals surface area contributed by atoms with Crippen molar-refractivity contribution in [2.45, 2.75) is 19.9 Å².